The number of fused-ring (bicyclic) bond motifs is 2. The number of rotatable bonds is 5. The van der Waals surface area contributed by atoms with Crippen LogP contribution in [0.15, 0.2) is 19.0 Å². The Morgan fingerprint density at radius 2 is 1.55 bits per heavy atom. The molecule has 9 heteroatoms. The van der Waals surface area contributed by atoms with Crippen LogP contribution in [0.4, 0.5) is 11.6 Å². The highest BCUT2D eigenvalue weighted by Gasteiger charge is 2.41. The van der Waals surface area contributed by atoms with Gasteiger partial charge in [0.1, 0.15) is 18.5 Å². The Labute approximate surface area is 169 Å². The van der Waals surface area contributed by atoms with Crippen LogP contribution in [0, 0.1) is 25.7 Å². The van der Waals surface area contributed by atoms with Crippen molar-refractivity contribution in [1.29, 1.82) is 0 Å². The zero-order chi connectivity index (χ0) is 20.0. The van der Waals surface area contributed by atoms with E-state index in [4.69, 9.17) is 4.74 Å². The van der Waals surface area contributed by atoms with Crippen molar-refractivity contribution in [3.63, 3.8) is 0 Å². The maximum absolute atomic E-state index is 5.19. The quantitative estimate of drug-likeness (QED) is 0.643. The molecule has 2 atom stereocenters. The van der Waals surface area contributed by atoms with E-state index in [1.165, 1.54) is 5.56 Å². The lowest BCUT2D eigenvalue weighted by atomic mass is 10.0. The molecule has 0 aliphatic carbocycles. The lowest BCUT2D eigenvalue weighted by Gasteiger charge is -2.24. The van der Waals surface area contributed by atoms with Gasteiger partial charge < -0.3 is 19.1 Å². The molecule has 3 aromatic rings. The fraction of sp³-hybridized carbons (Fsp3) is 0.550. The first-order valence-electron chi connectivity index (χ1n) is 10.1. The molecule has 0 saturated carbocycles. The van der Waals surface area contributed by atoms with Crippen LogP contribution in [0.1, 0.15) is 11.3 Å². The second kappa shape index (κ2) is 7.22. The number of aryl methyl sites for hydroxylation is 1. The van der Waals surface area contributed by atoms with Gasteiger partial charge in [-0.25, -0.2) is 24.9 Å². The second-order valence-corrected chi connectivity index (χ2v) is 8.04. The molecular formula is C20H26N8O. The first-order valence-corrected chi connectivity index (χ1v) is 10.1. The lowest BCUT2D eigenvalue weighted by molar-refractivity contribution is 0.188. The summed E-state index contributed by atoms with van der Waals surface area (Å²) in [4.78, 5) is 27.3. The molecular weight excluding hydrogens is 368 g/mol. The Balaban J connectivity index is 1.34. The van der Waals surface area contributed by atoms with Crippen molar-refractivity contribution in [2.24, 2.45) is 11.8 Å². The van der Waals surface area contributed by atoms with Gasteiger partial charge in [-0.3, -0.25) is 0 Å². The van der Waals surface area contributed by atoms with Gasteiger partial charge in [0, 0.05) is 62.9 Å². The van der Waals surface area contributed by atoms with Gasteiger partial charge in [-0.2, -0.15) is 0 Å². The number of hydrogen-bond donors (Lipinski definition) is 0. The Kier molecular flexibility index (Phi) is 4.54. The van der Waals surface area contributed by atoms with Crippen LogP contribution in [0.25, 0.3) is 11.2 Å². The normalized spacial score (nSPS) is 21.3. The number of hydrogen-bond acceptors (Lipinski definition) is 8. The summed E-state index contributed by atoms with van der Waals surface area (Å²) in [5.74, 6) is 3.23. The summed E-state index contributed by atoms with van der Waals surface area (Å²) >= 11 is 0. The Morgan fingerprint density at radius 1 is 0.897 bits per heavy atom. The summed E-state index contributed by atoms with van der Waals surface area (Å²) in [6.07, 6.45) is 5.16. The van der Waals surface area contributed by atoms with Gasteiger partial charge in [-0.05, 0) is 13.8 Å². The standard InChI is InChI=1S/C20H26N8O/c1-13-14(2)21-10-22-18(13)27-6-15-8-28(9-16(15)7-27)20-17-19(23-11-24-20)26(12-25-17)4-5-29-3/h10-12,15-16H,4-9H2,1-3H3. The monoisotopic (exact) mass is 394 g/mol. The molecule has 0 N–H and O–H groups in total. The van der Waals surface area contributed by atoms with Crippen molar-refractivity contribution in [1.82, 2.24) is 29.5 Å². The molecule has 2 saturated heterocycles. The van der Waals surface area contributed by atoms with E-state index in [9.17, 15) is 0 Å². The molecule has 2 fully saturated rings. The van der Waals surface area contributed by atoms with E-state index in [1.54, 1.807) is 19.8 Å². The minimum Gasteiger partial charge on any atom is -0.383 e. The van der Waals surface area contributed by atoms with Crippen molar-refractivity contribution >= 4 is 22.8 Å². The molecule has 2 aliphatic heterocycles. The summed E-state index contributed by atoms with van der Waals surface area (Å²) in [5.41, 5.74) is 3.99. The molecule has 2 aliphatic rings. The predicted molar refractivity (Wildman–Crippen MR) is 110 cm³/mol. The molecule has 0 amide bonds. The van der Waals surface area contributed by atoms with Crippen LogP contribution < -0.4 is 9.80 Å². The zero-order valence-electron chi connectivity index (χ0n) is 17.1. The average molecular weight is 394 g/mol. The molecule has 0 bridgehead atoms. The number of aromatic nitrogens is 6. The van der Waals surface area contributed by atoms with E-state index < -0.39 is 0 Å². The summed E-state index contributed by atoms with van der Waals surface area (Å²) in [7, 11) is 1.70. The van der Waals surface area contributed by atoms with Crippen molar-refractivity contribution in [3.05, 3.63) is 30.2 Å². The van der Waals surface area contributed by atoms with Crippen LogP contribution in [-0.2, 0) is 11.3 Å². The van der Waals surface area contributed by atoms with E-state index in [0.29, 0.717) is 18.4 Å². The first-order chi connectivity index (χ1) is 14.2. The van der Waals surface area contributed by atoms with E-state index in [1.807, 2.05) is 17.8 Å². The summed E-state index contributed by atoms with van der Waals surface area (Å²) in [6.45, 7) is 9.55. The highest BCUT2D eigenvalue weighted by molar-refractivity contribution is 5.83. The van der Waals surface area contributed by atoms with Crippen molar-refractivity contribution < 1.29 is 4.74 Å². The van der Waals surface area contributed by atoms with Crippen LogP contribution in [-0.4, -0.2) is 69.4 Å². The summed E-state index contributed by atoms with van der Waals surface area (Å²) in [5, 5.41) is 0. The van der Waals surface area contributed by atoms with E-state index in [0.717, 1.165) is 61.2 Å². The minimum absolute atomic E-state index is 0.602. The van der Waals surface area contributed by atoms with Crippen LogP contribution in [0.3, 0.4) is 0 Å². The number of nitrogens with zero attached hydrogens (tertiary/aromatic N) is 8. The van der Waals surface area contributed by atoms with Crippen molar-refractivity contribution in [3.8, 4) is 0 Å². The van der Waals surface area contributed by atoms with Gasteiger partial charge in [0.15, 0.2) is 17.0 Å². The van der Waals surface area contributed by atoms with E-state index >= 15 is 0 Å². The highest BCUT2D eigenvalue weighted by Crippen LogP contribution is 2.37. The smallest absolute Gasteiger partial charge is 0.165 e. The second-order valence-electron chi connectivity index (χ2n) is 8.04. The third-order valence-electron chi connectivity index (χ3n) is 6.31. The Bertz CT molecular complexity index is 1020. The highest BCUT2D eigenvalue weighted by atomic mass is 16.5. The van der Waals surface area contributed by atoms with Gasteiger partial charge in [0.25, 0.3) is 0 Å². The number of imidazole rings is 1. The van der Waals surface area contributed by atoms with Crippen LogP contribution >= 0.6 is 0 Å². The number of ether oxygens (including phenoxy) is 1. The summed E-state index contributed by atoms with van der Waals surface area (Å²) in [6, 6.07) is 0. The molecule has 29 heavy (non-hydrogen) atoms. The number of anilines is 2. The van der Waals surface area contributed by atoms with Crippen molar-refractivity contribution in [2.75, 3.05) is 49.7 Å². The van der Waals surface area contributed by atoms with Gasteiger partial charge in [0.05, 0.1) is 12.9 Å². The van der Waals surface area contributed by atoms with E-state index in [2.05, 4.69) is 41.6 Å². The third-order valence-corrected chi connectivity index (χ3v) is 6.31. The van der Waals surface area contributed by atoms with Crippen LogP contribution in [0.2, 0.25) is 0 Å². The molecule has 9 nitrogen and oxygen atoms in total. The largest absolute Gasteiger partial charge is 0.383 e. The lowest BCUT2D eigenvalue weighted by Crippen LogP contribution is -2.30. The molecule has 5 heterocycles. The molecule has 5 rings (SSSR count). The fourth-order valence-electron chi connectivity index (χ4n) is 4.64. The Hall–Kier alpha value is -2.81. The first kappa shape index (κ1) is 18.2. The fourth-order valence-corrected chi connectivity index (χ4v) is 4.64. The minimum atomic E-state index is 0.602. The topological polar surface area (TPSA) is 85.1 Å². The number of methoxy groups -OCH3 is 1. The van der Waals surface area contributed by atoms with E-state index in [-0.39, 0.29) is 0 Å². The molecule has 2 unspecified atom stereocenters. The average Bonchev–Trinajstić information content (AvgIpc) is 3.41. The third kappa shape index (κ3) is 3.09. The molecule has 3 aromatic heterocycles. The maximum atomic E-state index is 5.19. The van der Waals surface area contributed by atoms with Gasteiger partial charge in [0.2, 0.25) is 0 Å². The molecule has 0 radical (unpaired) electrons. The Morgan fingerprint density at radius 3 is 2.28 bits per heavy atom. The SMILES string of the molecule is COCCn1cnc2c(N3CC4CN(c5ncnc(C)c5C)CC4C3)ncnc21. The molecule has 0 spiro atoms. The summed E-state index contributed by atoms with van der Waals surface area (Å²) < 4.78 is 7.22. The van der Waals surface area contributed by atoms with Crippen molar-refractivity contribution in [2.45, 2.75) is 20.4 Å². The maximum Gasteiger partial charge on any atom is 0.165 e. The van der Waals surface area contributed by atoms with Gasteiger partial charge in [-0.1, -0.05) is 0 Å². The van der Waals surface area contributed by atoms with Gasteiger partial charge in [-0.15, -0.1) is 0 Å². The van der Waals surface area contributed by atoms with Crippen LogP contribution in [0.5, 0.6) is 0 Å². The zero-order valence-corrected chi connectivity index (χ0v) is 17.1. The van der Waals surface area contributed by atoms with Gasteiger partial charge >= 0.3 is 0 Å². The predicted octanol–water partition coefficient (Wildman–Crippen LogP) is 1.45. The molecule has 152 valence electrons. The molecule has 0 aromatic carbocycles.